The molecular formula is C20H20N6OS. The Bertz CT molecular complexity index is 1050. The Morgan fingerprint density at radius 2 is 2.25 bits per heavy atom. The number of allylic oxidation sites excluding steroid dienone is 4. The molecule has 0 aliphatic rings. The summed E-state index contributed by atoms with van der Waals surface area (Å²) in [6.45, 7) is 3.74. The number of nitrogens with one attached hydrogen (secondary N) is 1. The summed E-state index contributed by atoms with van der Waals surface area (Å²) < 4.78 is 6.69. The van der Waals surface area contributed by atoms with Gasteiger partial charge in [0.1, 0.15) is 6.33 Å². The van der Waals surface area contributed by atoms with Crippen molar-refractivity contribution in [3.05, 3.63) is 73.4 Å². The minimum Gasteiger partial charge on any atom is -0.504 e. The molecule has 2 aromatic heterocycles. The third kappa shape index (κ3) is 4.47. The van der Waals surface area contributed by atoms with Crippen molar-refractivity contribution in [1.82, 2.24) is 19.7 Å². The van der Waals surface area contributed by atoms with Crippen molar-refractivity contribution in [3.8, 4) is 0 Å². The number of aromatic nitrogens is 4. The standard InChI is InChI=1S/C20H20N6OS/c1-4-6-16(9-10-27-2)26-20-18(13-24-26)19(21-14-22-20)25-23-12-15-7-5-8-17(11-15)28-3/h4-14H,1H2,2-3H3,(H,21,22,25)/b10-9+,16-6+,23-12+. The fraction of sp³-hybridized carbons (Fsp3) is 0.100. The lowest BCUT2D eigenvalue weighted by Gasteiger charge is -2.04. The molecule has 0 saturated carbocycles. The summed E-state index contributed by atoms with van der Waals surface area (Å²) in [5.41, 5.74) is 5.38. The summed E-state index contributed by atoms with van der Waals surface area (Å²) in [7, 11) is 1.58. The smallest absolute Gasteiger partial charge is 0.168 e. The van der Waals surface area contributed by atoms with Gasteiger partial charge in [0.25, 0.3) is 0 Å². The monoisotopic (exact) mass is 392 g/mol. The molecule has 0 aliphatic carbocycles. The number of hydrogen-bond donors (Lipinski definition) is 1. The van der Waals surface area contributed by atoms with Crippen LogP contribution in [0.4, 0.5) is 5.82 Å². The molecule has 3 aromatic rings. The number of rotatable bonds is 8. The van der Waals surface area contributed by atoms with E-state index < -0.39 is 0 Å². The van der Waals surface area contributed by atoms with Crippen molar-refractivity contribution >= 4 is 40.5 Å². The Kier molecular flexibility index (Phi) is 6.59. The minimum absolute atomic E-state index is 0.571. The topological polar surface area (TPSA) is 77.2 Å². The summed E-state index contributed by atoms with van der Waals surface area (Å²) in [5, 5.41) is 9.46. The van der Waals surface area contributed by atoms with Gasteiger partial charge in [-0.25, -0.2) is 14.6 Å². The van der Waals surface area contributed by atoms with Crippen molar-refractivity contribution in [2.75, 3.05) is 18.8 Å². The Labute approximate surface area is 167 Å². The molecule has 0 atom stereocenters. The van der Waals surface area contributed by atoms with E-state index in [2.05, 4.69) is 44.3 Å². The van der Waals surface area contributed by atoms with Crippen LogP contribution in [0, 0.1) is 0 Å². The fourth-order valence-electron chi connectivity index (χ4n) is 2.47. The Balaban J connectivity index is 1.88. The van der Waals surface area contributed by atoms with Crippen LogP contribution in [0.25, 0.3) is 16.7 Å². The van der Waals surface area contributed by atoms with E-state index in [1.165, 1.54) is 11.2 Å². The van der Waals surface area contributed by atoms with E-state index in [9.17, 15) is 0 Å². The van der Waals surface area contributed by atoms with Gasteiger partial charge in [-0.05, 0) is 36.1 Å². The zero-order chi connectivity index (χ0) is 19.8. The third-order valence-corrected chi connectivity index (χ3v) is 4.48. The van der Waals surface area contributed by atoms with Gasteiger partial charge in [0.05, 0.1) is 36.9 Å². The predicted molar refractivity (Wildman–Crippen MR) is 115 cm³/mol. The van der Waals surface area contributed by atoms with Gasteiger partial charge < -0.3 is 4.74 Å². The lowest BCUT2D eigenvalue weighted by Crippen LogP contribution is -2.00. The lowest BCUT2D eigenvalue weighted by atomic mass is 10.2. The lowest BCUT2D eigenvalue weighted by molar-refractivity contribution is 0.338. The first-order chi connectivity index (χ1) is 13.8. The number of nitrogens with zero attached hydrogens (tertiary/aromatic N) is 5. The Morgan fingerprint density at radius 1 is 1.36 bits per heavy atom. The summed E-state index contributed by atoms with van der Waals surface area (Å²) in [6, 6.07) is 8.12. The average Bonchev–Trinajstić information content (AvgIpc) is 3.16. The van der Waals surface area contributed by atoms with Crippen molar-refractivity contribution in [3.63, 3.8) is 0 Å². The van der Waals surface area contributed by atoms with Gasteiger partial charge in [-0.2, -0.15) is 10.2 Å². The molecule has 1 N–H and O–H groups in total. The molecular weight excluding hydrogens is 372 g/mol. The van der Waals surface area contributed by atoms with Crippen LogP contribution in [-0.4, -0.2) is 39.3 Å². The molecule has 1 aromatic carbocycles. The summed E-state index contributed by atoms with van der Waals surface area (Å²) >= 11 is 1.69. The molecule has 2 heterocycles. The summed E-state index contributed by atoms with van der Waals surface area (Å²) in [5.74, 6) is 0.571. The second kappa shape index (κ2) is 9.52. The van der Waals surface area contributed by atoms with Gasteiger partial charge >= 0.3 is 0 Å². The van der Waals surface area contributed by atoms with Gasteiger partial charge in [0, 0.05) is 4.90 Å². The van der Waals surface area contributed by atoms with Gasteiger partial charge in [-0.15, -0.1) is 11.8 Å². The van der Waals surface area contributed by atoms with E-state index in [0.29, 0.717) is 11.5 Å². The maximum absolute atomic E-state index is 5.00. The highest BCUT2D eigenvalue weighted by Gasteiger charge is 2.11. The molecule has 0 aliphatic heterocycles. The van der Waals surface area contributed by atoms with Crippen LogP contribution in [0.15, 0.2) is 77.9 Å². The van der Waals surface area contributed by atoms with Crippen LogP contribution >= 0.6 is 11.8 Å². The van der Waals surface area contributed by atoms with Crippen LogP contribution in [0.2, 0.25) is 0 Å². The summed E-state index contributed by atoms with van der Waals surface area (Å²) in [4.78, 5) is 9.80. The second-order valence-electron chi connectivity index (χ2n) is 5.53. The normalized spacial score (nSPS) is 12.1. The first-order valence-electron chi connectivity index (χ1n) is 8.41. The van der Waals surface area contributed by atoms with Gasteiger partial charge in [0.15, 0.2) is 11.5 Å². The van der Waals surface area contributed by atoms with Crippen molar-refractivity contribution in [2.45, 2.75) is 4.90 Å². The molecule has 0 radical (unpaired) electrons. The maximum atomic E-state index is 5.00. The minimum atomic E-state index is 0.571. The third-order valence-electron chi connectivity index (χ3n) is 3.75. The number of hydrazone groups is 1. The SMILES string of the molecule is C=C/C=C(\C=C\OC)n1ncc2c(N/N=C/c3cccc(SC)c3)ncnc21. The number of benzene rings is 1. The Morgan fingerprint density at radius 3 is 3.04 bits per heavy atom. The molecule has 0 spiro atoms. The summed E-state index contributed by atoms with van der Waals surface area (Å²) in [6.07, 6.45) is 13.8. The van der Waals surface area contributed by atoms with Crippen LogP contribution in [0.1, 0.15) is 5.56 Å². The fourth-order valence-corrected chi connectivity index (χ4v) is 2.94. The van der Waals surface area contributed by atoms with Crippen LogP contribution < -0.4 is 5.43 Å². The largest absolute Gasteiger partial charge is 0.504 e. The molecule has 0 unspecified atom stereocenters. The Hall–Kier alpha value is -3.39. The number of fused-ring (bicyclic) bond motifs is 1. The number of ether oxygens (including phenoxy) is 1. The van der Waals surface area contributed by atoms with E-state index >= 15 is 0 Å². The number of methoxy groups -OCH3 is 1. The highest BCUT2D eigenvalue weighted by Crippen LogP contribution is 2.22. The predicted octanol–water partition coefficient (Wildman–Crippen LogP) is 4.18. The van der Waals surface area contributed by atoms with E-state index in [1.807, 2.05) is 24.5 Å². The number of hydrogen-bond acceptors (Lipinski definition) is 7. The van der Waals surface area contributed by atoms with Crippen molar-refractivity contribution < 1.29 is 4.74 Å². The van der Waals surface area contributed by atoms with Gasteiger partial charge in [-0.3, -0.25) is 5.43 Å². The van der Waals surface area contributed by atoms with E-state index in [4.69, 9.17) is 4.74 Å². The van der Waals surface area contributed by atoms with Crippen molar-refractivity contribution in [2.24, 2.45) is 5.10 Å². The number of thioether (sulfide) groups is 1. The molecule has 3 rings (SSSR count). The van der Waals surface area contributed by atoms with E-state index in [0.717, 1.165) is 16.6 Å². The number of anilines is 1. The van der Waals surface area contributed by atoms with Gasteiger partial charge in [-0.1, -0.05) is 24.8 Å². The van der Waals surface area contributed by atoms with Crippen molar-refractivity contribution in [1.29, 1.82) is 0 Å². The van der Waals surface area contributed by atoms with Gasteiger partial charge in [0.2, 0.25) is 0 Å². The van der Waals surface area contributed by atoms with Crippen LogP contribution in [0.5, 0.6) is 0 Å². The van der Waals surface area contributed by atoms with E-state index in [1.54, 1.807) is 54.4 Å². The second-order valence-corrected chi connectivity index (χ2v) is 6.41. The average molecular weight is 392 g/mol. The molecule has 0 saturated heterocycles. The molecule has 0 fully saturated rings. The highest BCUT2D eigenvalue weighted by atomic mass is 32.2. The first kappa shape index (κ1) is 19.4. The molecule has 0 amide bonds. The highest BCUT2D eigenvalue weighted by molar-refractivity contribution is 7.98. The first-order valence-corrected chi connectivity index (χ1v) is 9.63. The molecule has 0 bridgehead atoms. The molecule has 142 valence electrons. The zero-order valence-electron chi connectivity index (χ0n) is 15.6. The molecule has 7 nitrogen and oxygen atoms in total. The zero-order valence-corrected chi connectivity index (χ0v) is 16.4. The van der Waals surface area contributed by atoms with Crippen LogP contribution in [-0.2, 0) is 4.74 Å². The quantitative estimate of drug-likeness (QED) is 0.204. The van der Waals surface area contributed by atoms with Crippen LogP contribution in [0.3, 0.4) is 0 Å². The van der Waals surface area contributed by atoms with E-state index in [-0.39, 0.29) is 0 Å². The molecule has 28 heavy (non-hydrogen) atoms. The molecule has 8 heteroatoms. The maximum Gasteiger partial charge on any atom is 0.168 e.